The van der Waals surface area contributed by atoms with Crippen molar-refractivity contribution < 1.29 is 18.3 Å². The van der Waals surface area contributed by atoms with Crippen molar-refractivity contribution in [1.29, 1.82) is 0 Å². The second-order valence-electron chi connectivity index (χ2n) is 3.77. The number of carbonyl (C=O) groups excluding carboxylic acids is 1. The minimum Gasteiger partial charge on any atom is -0.396 e. The average Bonchev–Trinajstić information content (AvgIpc) is 2.24. The van der Waals surface area contributed by atoms with E-state index in [1.54, 1.807) is 11.8 Å². The van der Waals surface area contributed by atoms with E-state index in [0.29, 0.717) is 18.7 Å². The van der Waals surface area contributed by atoms with Crippen molar-refractivity contribution in [3.8, 4) is 0 Å². The molecule has 94 valence electrons. The molecule has 0 aromatic heterocycles. The quantitative estimate of drug-likeness (QED) is 0.757. The van der Waals surface area contributed by atoms with Crippen molar-refractivity contribution in [2.24, 2.45) is 0 Å². The third-order valence-electron chi connectivity index (χ3n) is 2.45. The normalized spacial score (nSPS) is 22.1. The first-order chi connectivity index (χ1) is 7.46. The average molecular weight is 267 g/mol. The van der Waals surface area contributed by atoms with Crippen LogP contribution in [0.25, 0.3) is 0 Å². The van der Waals surface area contributed by atoms with E-state index in [9.17, 15) is 13.2 Å². The fraction of sp³-hybridized carbons (Fsp3) is 0.889. The second kappa shape index (κ2) is 5.88. The molecule has 0 spiro atoms. The van der Waals surface area contributed by atoms with E-state index in [-0.39, 0.29) is 18.9 Å². The van der Waals surface area contributed by atoms with E-state index >= 15 is 0 Å². The van der Waals surface area contributed by atoms with Crippen molar-refractivity contribution in [2.45, 2.75) is 18.2 Å². The molecule has 0 aromatic rings. The first kappa shape index (κ1) is 13.8. The Morgan fingerprint density at radius 1 is 1.56 bits per heavy atom. The zero-order valence-corrected chi connectivity index (χ0v) is 10.9. The van der Waals surface area contributed by atoms with Crippen LogP contribution in [0.3, 0.4) is 0 Å². The van der Waals surface area contributed by atoms with Crippen molar-refractivity contribution in [3.05, 3.63) is 0 Å². The van der Waals surface area contributed by atoms with Crippen LogP contribution in [0.4, 0.5) is 0 Å². The number of aliphatic hydroxyl groups excluding tert-OH is 1. The highest BCUT2D eigenvalue weighted by atomic mass is 32.2. The topological polar surface area (TPSA) is 74.7 Å². The highest BCUT2D eigenvalue weighted by molar-refractivity contribution is 8.00. The fourth-order valence-electron chi connectivity index (χ4n) is 1.59. The maximum Gasteiger partial charge on any atom is 0.223 e. The molecule has 0 saturated carbocycles. The van der Waals surface area contributed by atoms with E-state index < -0.39 is 15.2 Å². The Morgan fingerprint density at radius 2 is 2.25 bits per heavy atom. The third kappa shape index (κ3) is 3.64. The maximum absolute atomic E-state index is 11.8. The van der Waals surface area contributed by atoms with Crippen LogP contribution in [-0.2, 0) is 14.6 Å². The highest BCUT2D eigenvalue weighted by Gasteiger charge is 2.33. The van der Waals surface area contributed by atoms with Crippen LogP contribution in [0.1, 0.15) is 12.8 Å². The highest BCUT2D eigenvalue weighted by Crippen LogP contribution is 2.21. The molecule has 1 fully saturated rings. The summed E-state index contributed by atoms with van der Waals surface area (Å²) in [7, 11) is -3.22. The molecule has 1 atom stereocenters. The second-order valence-corrected chi connectivity index (χ2v) is 7.13. The number of amides is 1. The minimum absolute atomic E-state index is 0.0438. The van der Waals surface area contributed by atoms with Gasteiger partial charge in [-0.3, -0.25) is 4.79 Å². The molecule has 0 radical (unpaired) electrons. The Labute approximate surface area is 100 Å². The van der Waals surface area contributed by atoms with E-state index in [0.717, 1.165) is 12.0 Å². The van der Waals surface area contributed by atoms with Gasteiger partial charge in [-0.1, -0.05) is 0 Å². The van der Waals surface area contributed by atoms with Gasteiger partial charge >= 0.3 is 0 Å². The molecule has 1 heterocycles. The molecule has 1 N–H and O–H groups in total. The number of thioether (sulfide) groups is 1. The number of sulfone groups is 1. The van der Waals surface area contributed by atoms with Gasteiger partial charge in [0.15, 0.2) is 9.84 Å². The summed E-state index contributed by atoms with van der Waals surface area (Å²) in [5.74, 6) is 1.05. The Morgan fingerprint density at radius 3 is 2.81 bits per heavy atom. The Bertz CT molecular complexity index is 341. The SMILES string of the molecule is CS(=O)(=O)C1CSCCN1C(=O)CCCO. The van der Waals surface area contributed by atoms with Gasteiger partial charge in [-0.2, -0.15) is 11.8 Å². The maximum atomic E-state index is 11.8. The lowest BCUT2D eigenvalue weighted by Crippen LogP contribution is -2.49. The summed E-state index contributed by atoms with van der Waals surface area (Å²) in [6.45, 7) is 0.435. The van der Waals surface area contributed by atoms with Crippen molar-refractivity contribution in [3.63, 3.8) is 0 Å². The molecule has 1 unspecified atom stereocenters. The molecule has 1 aliphatic heterocycles. The molecule has 16 heavy (non-hydrogen) atoms. The lowest BCUT2D eigenvalue weighted by Gasteiger charge is -2.34. The summed E-state index contributed by atoms with van der Waals surface area (Å²) in [6, 6.07) is 0. The summed E-state index contributed by atoms with van der Waals surface area (Å²) < 4.78 is 23.0. The predicted molar refractivity (Wildman–Crippen MR) is 64.0 cm³/mol. The van der Waals surface area contributed by atoms with Gasteiger partial charge in [0.1, 0.15) is 5.37 Å². The Balaban J connectivity index is 2.71. The Hall–Kier alpha value is -0.270. The number of carbonyl (C=O) groups is 1. The van der Waals surface area contributed by atoms with Gasteiger partial charge in [0.2, 0.25) is 5.91 Å². The molecular weight excluding hydrogens is 250 g/mol. The third-order valence-corrected chi connectivity index (χ3v) is 5.09. The van der Waals surface area contributed by atoms with Crippen molar-refractivity contribution in [2.75, 3.05) is 30.9 Å². The summed E-state index contributed by atoms with van der Waals surface area (Å²) in [4.78, 5) is 13.2. The van der Waals surface area contributed by atoms with E-state index in [4.69, 9.17) is 5.11 Å². The van der Waals surface area contributed by atoms with Crippen LogP contribution in [0.15, 0.2) is 0 Å². The van der Waals surface area contributed by atoms with Gasteiger partial charge in [-0.25, -0.2) is 8.42 Å². The van der Waals surface area contributed by atoms with Crippen LogP contribution < -0.4 is 0 Å². The molecular formula is C9H17NO4S2. The van der Waals surface area contributed by atoms with Gasteiger partial charge in [-0.15, -0.1) is 0 Å². The molecule has 1 aliphatic rings. The molecule has 7 heteroatoms. The lowest BCUT2D eigenvalue weighted by atomic mass is 10.3. The largest absolute Gasteiger partial charge is 0.396 e. The molecule has 0 bridgehead atoms. The number of hydrogen-bond donors (Lipinski definition) is 1. The van der Waals surface area contributed by atoms with Gasteiger partial charge < -0.3 is 10.0 Å². The molecule has 0 aromatic carbocycles. The first-order valence-electron chi connectivity index (χ1n) is 5.13. The van der Waals surface area contributed by atoms with Crippen LogP contribution >= 0.6 is 11.8 Å². The number of hydrogen-bond acceptors (Lipinski definition) is 5. The van der Waals surface area contributed by atoms with Crippen LogP contribution in [0, 0.1) is 0 Å². The zero-order chi connectivity index (χ0) is 12.2. The molecule has 1 saturated heterocycles. The van der Waals surface area contributed by atoms with Crippen LogP contribution in [0.5, 0.6) is 0 Å². The van der Waals surface area contributed by atoms with Gasteiger partial charge in [0.25, 0.3) is 0 Å². The molecule has 5 nitrogen and oxygen atoms in total. The predicted octanol–water partition coefficient (Wildman–Crippen LogP) is -0.295. The monoisotopic (exact) mass is 267 g/mol. The first-order valence-corrected chi connectivity index (χ1v) is 8.24. The summed E-state index contributed by atoms with van der Waals surface area (Å²) in [6.07, 6.45) is 1.77. The number of aliphatic hydroxyl groups is 1. The molecule has 0 aliphatic carbocycles. The number of nitrogens with zero attached hydrogens (tertiary/aromatic N) is 1. The van der Waals surface area contributed by atoms with Gasteiger partial charge in [-0.05, 0) is 6.42 Å². The van der Waals surface area contributed by atoms with E-state index in [1.165, 1.54) is 4.90 Å². The van der Waals surface area contributed by atoms with Crippen molar-refractivity contribution >= 4 is 27.5 Å². The molecule has 1 rings (SSSR count). The van der Waals surface area contributed by atoms with E-state index in [1.807, 2.05) is 0 Å². The summed E-state index contributed by atoms with van der Waals surface area (Å²) >= 11 is 1.55. The fourth-order valence-corrected chi connectivity index (χ4v) is 4.43. The van der Waals surface area contributed by atoms with Crippen LogP contribution in [0.2, 0.25) is 0 Å². The van der Waals surface area contributed by atoms with Crippen molar-refractivity contribution in [1.82, 2.24) is 4.90 Å². The van der Waals surface area contributed by atoms with Crippen LogP contribution in [-0.4, -0.2) is 60.6 Å². The van der Waals surface area contributed by atoms with Gasteiger partial charge in [0, 0.05) is 37.3 Å². The minimum atomic E-state index is -3.22. The summed E-state index contributed by atoms with van der Waals surface area (Å²) in [5.41, 5.74) is 0. The van der Waals surface area contributed by atoms with E-state index in [2.05, 4.69) is 0 Å². The smallest absolute Gasteiger partial charge is 0.223 e. The van der Waals surface area contributed by atoms with Gasteiger partial charge in [0.05, 0.1) is 0 Å². The Kier molecular flexibility index (Phi) is 5.07. The molecule has 1 amide bonds. The zero-order valence-electron chi connectivity index (χ0n) is 9.26. The standard InChI is InChI=1S/C9H17NO4S2/c1-16(13,14)9-7-15-6-4-10(9)8(12)3-2-5-11/h9,11H,2-7H2,1H3. The summed E-state index contributed by atoms with van der Waals surface area (Å²) in [5, 5.41) is 7.95. The number of rotatable bonds is 4. The lowest BCUT2D eigenvalue weighted by molar-refractivity contribution is -0.131.